The second-order valence-corrected chi connectivity index (χ2v) is 14.3. The summed E-state index contributed by atoms with van der Waals surface area (Å²) in [5, 5.41) is 6.77. The van der Waals surface area contributed by atoms with Crippen LogP contribution < -0.4 is 48.0 Å². The van der Waals surface area contributed by atoms with Gasteiger partial charge in [-0.3, -0.25) is 29.0 Å². The Hall–Kier alpha value is -1.48. The number of hydrogen-bond acceptors (Lipinski definition) is 4. The summed E-state index contributed by atoms with van der Waals surface area (Å²) in [6.07, 6.45) is 1.47. The van der Waals surface area contributed by atoms with E-state index < -0.39 is 0 Å². The first-order chi connectivity index (χ1) is 21.9. The summed E-state index contributed by atoms with van der Waals surface area (Å²) in [5.74, 6) is -1.01. The van der Waals surface area contributed by atoms with Crippen molar-refractivity contribution in [2.75, 3.05) is 67.5 Å². The quantitative estimate of drug-likeness (QED) is 0.0693. The van der Waals surface area contributed by atoms with Gasteiger partial charge in [-0.1, -0.05) is 24.3 Å². The molecular formula is C38H44I4N4O4. The van der Waals surface area contributed by atoms with Gasteiger partial charge in [0.1, 0.15) is 0 Å². The van der Waals surface area contributed by atoms with Gasteiger partial charge in [-0.25, -0.2) is 0 Å². The van der Waals surface area contributed by atoms with Crippen molar-refractivity contribution in [1.29, 1.82) is 0 Å². The third-order valence-corrected chi connectivity index (χ3v) is 10.8. The summed E-state index contributed by atoms with van der Waals surface area (Å²) >= 11 is 0. The molecule has 2 heterocycles. The number of hydrogen-bond donors (Lipinski definition) is 0. The summed E-state index contributed by atoms with van der Waals surface area (Å²) in [6.45, 7) is 8.74. The molecule has 0 atom stereocenters. The highest BCUT2D eigenvalue weighted by atomic mass is 127. The zero-order chi connectivity index (χ0) is 32.7. The van der Waals surface area contributed by atoms with Gasteiger partial charge in [0.05, 0.1) is 54.4 Å². The minimum absolute atomic E-state index is 0. The lowest BCUT2D eigenvalue weighted by Crippen LogP contribution is -3.00. The van der Waals surface area contributed by atoms with Crippen molar-refractivity contribution in [3.8, 4) is 0 Å². The van der Waals surface area contributed by atoms with E-state index in [4.69, 9.17) is 0 Å². The molecule has 0 radical (unpaired) electrons. The minimum Gasteiger partial charge on any atom is -1.00 e. The average Bonchev–Trinajstić information content (AvgIpc) is 3.04. The van der Waals surface area contributed by atoms with Crippen LogP contribution in [0.2, 0.25) is 0 Å². The number of fused-ring (bicyclic) bond motifs is 2. The minimum atomic E-state index is -0.253. The van der Waals surface area contributed by atoms with Crippen LogP contribution >= 0.6 is 48.0 Å². The highest BCUT2D eigenvalue weighted by Crippen LogP contribution is 2.46. The number of halogens is 4. The van der Waals surface area contributed by atoms with Gasteiger partial charge < -0.3 is 56.9 Å². The zero-order valence-corrected chi connectivity index (χ0v) is 38.2. The number of rotatable bonds is 10. The van der Waals surface area contributed by atoms with Crippen molar-refractivity contribution < 1.29 is 76.1 Å². The Morgan fingerprint density at radius 2 is 0.720 bits per heavy atom. The van der Waals surface area contributed by atoms with Gasteiger partial charge in [-0.05, 0) is 70.4 Å². The molecule has 0 aliphatic carbocycles. The van der Waals surface area contributed by atoms with E-state index in [0.29, 0.717) is 46.1 Å². The third kappa shape index (κ3) is 6.86. The van der Waals surface area contributed by atoms with E-state index in [9.17, 15) is 19.2 Å². The normalized spacial score (nSPS) is 14.3. The number of nitrogens with zero attached hydrogens (tertiary/aromatic N) is 4. The lowest BCUT2D eigenvalue weighted by Gasteiger charge is -2.32. The molecule has 2 aliphatic rings. The standard InChI is InChI=1S/C38H42N4O4.4HI/c1-7-41(3,4)21-9-19-39-35(43)27-15-11-23-25-13-17-29-34-30(38(46)40(37(29)45)20-10-22-42(5,6)8-2)18-14-26(32(25)34)24-12-16-28(36(39)44)33(27)31(23)24;;;;/h11-18H,7-10,19-22H2,1-6H3;4*1H/q+2;;;;/p-2. The van der Waals surface area contributed by atoms with Gasteiger partial charge in [-0.15, -0.1) is 48.0 Å². The Bertz CT molecular complexity index is 1880. The SMILES string of the molecule is CC[N+](C)(C)CCCN1C(=O)c2ccc3c4ccc5c6c(ccc(c7ccc(c2c37)C1=O)c64)C(=O)N(CCC[N+](C)(C)CC)C5=O.I.I.[I-].[I-]. The fourth-order valence-electron chi connectivity index (χ4n) is 7.40. The predicted octanol–water partition coefficient (Wildman–Crippen LogP) is 1.15. The van der Waals surface area contributed by atoms with Crippen molar-refractivity contribution in [3.05, 3.63) is 70.8 Å². The van der Waals surface area contributed by atoms with E-state index in [0.717, 1.165) is 80.3 Å². The largest absolute Gasteiger partial charge is 1.00 e. The van der Waals surface area contributed by atoms with Crippen LogP contribution in [-0.2, 0) is 0 Å². The monoisotopic (exact) mass is 1130 g/mol. The van der Waals surface area contributed by atoms with Crippen molar-refractivity contribution in [3.63, 3.8) is 0 Å². The lowest BCUT2D eigenvalue weighted by atomic mass is 9.82. The van der Waals surface area contributed by atoms with Crippen LogP contribution in [0.5, 0.6) is 0 Å². The van der Waals surface area contributed by atoms with Crippen LogP contribution in [0.1, 0.15) is 68.1 Å². The number of carbonyl (C=O) groups is 4. The first kappa shape index (κ1) is 42.9. The van der Waals surface area contributed by atoms with E-state index in [1.54, 1.807) is 0 Å². The van der Waals surface area contributed by atoms with Gasteiger partial charge >= 0.3 is 0 Å². The molecule has 0 N–H and O–H groups in total. The zero-order valence-electron chi connectivity index (χ0n) is 29.3. The van der Waals surface area contributed by atoms with Gasteiger partial charge in [0.15, 0.2) is 0 Å². The van der Waals surface area contributed by atoms with E-state index in [1.807, 2.05) is 48.5 Å². The Morgan fingerprint density at radius 3 is 0.960 bits per heavy atom. The summed E-state index contributed by atoms with van der Waals surface area (Å²) in [6, 6.07) is 15.2. The summed E-state index contributed by atoms with van der Waals surface area (Å²) in [5.41, 5.74) is 2.16. The molecular weight excluding hydrogens is 1080 g/mol. The second-order valence-electron chi connectivity index (χ2n) is 14.3. The molecule has 0 fully saturated rings. The topological polar surface area (TPSA) is 74.8 Å². The van der Waals surface area contributed by atoms with Gasteiger partial charge in [0, 0.05) is 59.0 Å². The maximum Gasteiger partial charge on any atom is 0.261 e. The van der Waals surface area contributed by atoms with Gasteiger partial charge in [0.25, 0.3) is 23.6 Å². The van der Waals surface area contributed by atoms with E-state index in [-0.39, 0.29) is 120 Å². The highest BCUT2D eigenvalue weighted by Gasteiger charge is 2.37. The summed E-state index contributed by atoms with van der Waals surface area (Å²) in [7, 11) is 8.61. The Balaban J connectivity index is 0.00000169. The molecule has 0 spiro atoms. The number of benzene rings is 5. The molecule has 8 nitrogen and oxygen atoms in total. The second kappa shape index (κ2) is 15.9. The maximum atomic E-state index is 13.8. The molecule has 0 saturated heterocycles. The van der Waals surface area contributed by atoms with Gasteiger partial charge in [0.2, 0.25) is 0 Å². The predicted molar refractivity (Wildman–Crippen MR) is 213 cm³/mol. The fourth-order valence-corrected chi connectivity index (χ4v) is 7.40. The first-order valence-corrected chi connectivity index (χ1v) is 16.5. The number of imide groups is 2. The number of quaternary nitrogens is 2. The highest BCUT2D eigenvalue weighted by molar-refractivity contribution is 14.0. The Labute approximate surface area is 361 Å². The van der Waals surface area contributed by atoms with Crippen molar-refractivity contribution in [2.45, 2.75) is 26.7 Å². The first-order valence-electron chi connectivity index (χ1n) is 16.5. The molecule has 0 saturated carbocycles. The summed E-state index contributed by atoms with van der Waals surface area (Å²) < 4.78 is 1.66. The van der Waals surface area contributed by atoms with E-state index in [2.05, 4.69) is 42.0 Å². The molecule has 0 aromatic heterocycles. The van der Waals surface area contributed by atoms with Crippen LogP contribution in [0.4, 0.5) is 0 Å². The average molecular weight is 1130 g/mol. The van der Waals surface area contributed by atoms with Crippen molar-refractivity contribution >= 4 is 115 Å². The van der Waals surface area contributed by atoms with Crippen LogP contribution in [0.25, 0.3) is 43.1 Å². The smallest absolute Gasteiger partial charge is 0.261 e. The molecule has 4 amide bonds. The maximum absolute atomic E-state index is 13.8. The third-order valence-electron chi connectivity index (χ3n) is 10.8. The molecule has 0 bridgehead atoms. The molecule has 268 valence electrons. The fraction of sp³-hybridized carbons (Fsp3) is 0.368. The summed E-state index contributed by atoms with van der Waals surface area (Å²) in [4.78, 5) is 58.0. The van der Waals surface area contributed by atoms with Crippen LogP contribution in [0.15, 0.2) is 48.5 Å². The molecule has 50 heavy (non-hydrogen) atoms. The van der Waals surface area contributed by atoms with Gasteiger partial charge in [-0.2, -0.15) is 0 Å². The van der Waals surface area contributed by atoms with Crippen LogP contribution in [0, 0.1) is 0 Å². The lowest BCUT2D eigenvalue weighted by molar-refractivity contribution is -0.888. The van der Waals surface area contributed by atoms with Crippen molar-refractivity contribution in [1.82, 2.24) is 9.80 Å². The van der Waals surface area contributed by atoms with Crippen LogP contribution in [-0.4, -0.2) is 110 Å². The molecule has 12 heteroatoms. The molecule has 0 unspecified atom stereocenters. The van der Waals surface area contributed by atoms with E-state index >= 15 is 0 Å². The van der Waals surface area contributed by atoms with Crippen LogP contribution in [0.3, 0.4) is 0 Å². The molecule has 7 rings (SSSR count). The van der Waals surface area contributed by atoms with Crippen molar-refractivity contribution in [2.24, 2.45) is 0 Å². The molecule has 5 aromatic carbocycles. The Morgan fingerprint density at radius 1 is 0.460 bits per heavy atom. The number of carbonyl (C=O) groups excluding carboxylic acids is 4. The number of amides is 4. The molecule has 2 aliphatic heterocycles. The molecule has 5 aromatic rings. The Kier molecular flexibility index (Phi) is 13.6. The van der Waals surface area contributed by atoms with E-state index in [1.165, 1.54) is 9.80 Å².